The Morgan fingerprint density at radius 2 is 1.88 bits per heavy atom. The van der Waals surface area contributed by atoms with Crippen molar-refractivity contribution in [3.05, 3.63) is 48.0 Å². The summed E-state index contributed by atoms with van der Waals surface area (Å²) in [5.74, 6) is -0.502. The molecule has 0 aliphatic heterocycles. The van der Waals surface area contributed by atoms with Gasteiger partial charge in [0.15, 0.2) is 0 Å². The maximum Gasteiger partial charge on any atom is 0.286 e. The summed E-state index contributed by atoms with van der Waals surface area (Å²) in [6.45, 7) is 0.447. The van der Waals surface area contributed by atoms with Crippen LogP contribution in [0, 0.1) is 0 Å². The van der Waals surface area contributed by atoms with Crippen LogP contribution in [0.1, 0.15) is 5.56 Å². The van der Waals surface area contributed by atoms with Gasteiger partial charge in [-0.3, -0.25) is 9.59 Å². The van der Waals surface area contributed by atoms with Crippen molar-refractivity contribution in [1.82, 2.24) is 4.90 Å². The van der Waals surface area contributed by atoms with E-state index in [2.05, 4.69) is 0 Å². The summed E-state index contributed by atoms with van der Waals surface area (Å²) in [4.78, 5) is 22.9. The highest BCUT2D eigenvalue weighted by Crippen LogP contribution is 2.16. The van der Waals surface area contributed by atoms with E-state index in [9.17, 15) is 9.59 Å². The van der Waals surface area contributed by atoms with Gasteiger partial charge in [0, 0.05) is 13.6 Å². The molecule has 0 heterocycles. The van der Waals surface area contributed by atoms with Crippen LogP contribution >= 0.6 is 0 Å². The normalized spacial score (nSPS) is 10.2. The lowest BCUT2D eigenvalue weighted by molar-refractivity contribution is -0.138. The lowest BCUT2D eigenvalue weighted by atomic mass is 10.1. The second-order valence-electron chi connectivity index (χ2n) is 3.99. The van der Waals surface area contributed by atoms with Gasteiger partial charge in [0.05, 0.1) is 0 Å². The molecule has 0 fully saturated rings. The Morgan fingerprint density at radius 1 is 1.18 bits per heavy atom. The first-order chi connectivity index (χ1) is 8.20. The minimum atomic E-state index is -0.502. The Hall–Kier alpha value is -2.16. The molecule has 0 radical (unpaired) electrons. The number of rotatable bonds is 3. The lowest BCUT2D eigenvalue weighted by Gasteiger charge is -2.14. The van der Waals surface area contributed by atoms with Gasteiger partial charge in [0.25, 0.3) is 5.91 Å². The van der Waals surface area contributed by atoms with E-state index in [4.69, 9.17) is 0 Å². The van der Waals surface area contributed by atoms with Crippen LogP contribution in [0.4, 0.5) is 0 Å². The van der Waals surface area contributed by atoms with Crippen molar-refractivity contribution < 1.29 is 9.59 Å². The van der Waals surface area contributed by atoms with Crippen molar-refractivity contribution in [1.29, 1.82) is 0 Å². The molecule has 0 aliphatic carbocycles. The van der Waals surface area contributed by atoms with E-state index in [0.29, 0.717) is 12.8 Å². The van der Waals surface area contributed by atoms with E-state index in [-0.39, 0.29) is 0 Å². The molecule has 0 atom stereocenters. The number of benzene rings is 2. The molecule has 3 heteroatoms. The summed E-state index contributed by atoms with van der Waals surface area (Å²) in [6.07, 6.45) is 0.334. The Bertz CT molecular complexity index is 563. The van der Waals surface area contributed by atoms with Crippen LogP contribution in [0.15, 0.2) is 42.5 Å². The zero-order valence-corrected chi connectivity index (χ0v) is 9.59. The Labute approximate surface area is 99.7 Å². The third kappa shape index (κ3) is 2.50. The average Bonchev–Trinajstić information content (AvgIpc) is 2.37. The first-order valence-corrected chi connectivity index (χ1v) is 5.38. The molecule has 0 aromatic heterocycles. The fraction of sp³-hybridized carbons (Fsp3) is 0.143. The summed E-state index contributed by atoms with van der Waals surface area (Å²) in [5, 5.41) is 2.30. The van der Waals surface area contributed by atoms with Crippen molar-refractivity contribution in [2.24, 2.45) is 0 Å². The SMILES string of the molecule is CN(Cc1ccc2ccccc2c1)C(=O)C=O. The molecule has 1 amide bonds. The molecule has 2 aromatic carbocycles. The number of hydrogen-bond acceptors (Lipinski definition) is 2. The quantitative estimate of drug-likeness (QED) is 0.594. The number of aldehydes is 1. The molecule has 0 saturated carbocycles. The number of carbonyl (C=O) groups is 2. The molecule has 3 nitrogen and oxygen atoms in total. The average molecular weight is 227 g/mol. The monoisotopic (exact) mass is 227 g/mol. The zero-order valence-electron chi connectivity index (χ0n) is 9.59. The smallest absolute Gasteiger partial charge is 0.286 e. The van der Waals surface area contributed by atoms with E-state index >= 15 is 0 Å². The summed E-state index contributed by atoms with van der Waals surface area (Å²) in [5.41, 5.74) is 1.02. The van der Waals surface area contributed by atoms with Crippen LogP contribution in [0.3, 0.4) is 0 Å². The van der Waals surface area contributed by atoms with Gasteiger partial charge in [-0.25, -0.2) is 0 Å². The van der Waals surface area contributed by atoms with Gasteiger partial charge in [-0.05, 0) is 22.4 Å². The lowest BCUT2D eigenvalue weighted by Crippen LogP contribution is -2.26. The molecule has 0 unspecified atom stereocenters. The minimum Gasteiger partial charge on any atom is -0.335 e. The Kier molecular flexibility index (Phi) is 3.19. The van der Waals surface area contributed by atoms with Gasteiger partial charge in [-0.1, -0.05) is 36.4 Å². The second-order valence-corrected chi connectivity index (χ2v) is 3.99. The van der Waals surface area contributed by atoms with Crippen LogP contribution in [-0.4, -0.2) is 24.1 Å². The third-order valence-corrected chi connectivity index (χ3v) is 2.71. The van der Waals surface area contributed by atoms with E-state index in [0.717, 1.165) is 10.9 Å². The van der Waals surface area contributed by atoms with Crippen LogP contribution in [0.5, 0.6) is 0 Å². The van der Waals surface area contributed by atoms with Crippen LogP contribution in [-0.2, 0) is 16.1 Å². The predicted molar refractivity (Wildman–Crippen MR) is 66.5 cm³/mol. The Balaban J connectivity index is 2.25. The van der Waals surface area contributed by atoms with E-state index in [1.54, 1.807) is 7.05 Å². The zero-order chi connectivity index (χ0) is 12.3. The number of likely N-dealkylation sites (N-methyl/N-ethyl adjacent to an activating group) is 1. The molecule has 0 spiro atoms. The molecule has 0 saturated heterocycles. The van der Waals surface area contributed by atoms with Gasteiger partial charge in [0.2, 0.25) is 6.29 Å². The number of hydrogen-bond donors (Lipinski definition) is 0. The molecule has 0 N–H and O–H groups in total. The van der Waals surface area contributed by atoms with E-state index < -0.39 is 5.91 Å². The predicted octanol–water partition coefficient (Wildman–Crippen LogP) is 2.00. The summed E-state index contributed by atoms with van der Waals surface area (Å²) < 4.78 is 0. The number of amides is 1. The molecule has 17 heavy (non-hydrogen) atoms. The van der Waals surface area contributed by atoms with Gasteiger partial charge in [-0.15, -0.1) is 0 Å². The summed E-state index contributed by atoms with van der Waals surface area (Å²) in [7, 11) is 1.62. The first-order valence-electron chi connectivity index (χ1n) is 5.38. The third-order valence-electron chi connectivity index (χ3n) is 2.71. The molecule has 2 rings (SSSR count). The Morgan fingerprint density at radius 3 is 2.59 bits per heavy atom. The first kappa shape index (κ1) is 11.3. The molecule has 86 valence electrons. The molecule has 0 bridgehead atoms. The van der Waals surface area contributed by atoms with E-state index in [1.165, 1.54) is 10.3 Å². The molecular formula is C14H13NO2. The highest BCUT2D eigenvalue weighted by atomic mass is 16.2. The fourth-order valence-electron chi connectivity index (χ4n) is 1.78. The van der Waals surface area contributed by atoms with Crippen molar-refractivity contribution in [2.45, 2.75) is 6.54 Å². The molecule has 2 aromatic rings. The molecule has 0 aliphatic rings. The maximum atomic E-state index is 11.1. The van der Waals surface area contributed by atoms with Gasteiger partial charge < -0.3 is 4.90 Å². The highest BCUT2D eigenvalue weighted by molar-refractivity contribution is 6.23. The standard InChI is InChI=1S/C14H13NO2/c1-15(14(17)10-16)9-11-6-7-12-4-2-3-5-13(12)8-11/h2-8,10H,9H2,1H3. The fourth-order valence-corrected chi connectivity index (χ4v) is 1.78. The number of fused-ring (bicyclic) bond motifs is 1. The van der Waals surface area contributed by atoms with E-state index in [1.807, 2.05) is 42.5 Å². The minimum absolute atomic E-state index is 0.334. The summed E-state index contributed by atoms with van der Waals surface area (Å²) >= 11 is 0. The summed E-state index contributed by atoms with van der Waals surface area (Å²) in [6, 6.07) is 14.1. The van der Waals surface area contributed by atoms with Gasteiger partial charge >= 0.3 is 0 Å². The number of nitrogens with zero attached hydrogens (tertiary/aromatic N) is 1. The largest absolute Gasteiger partial charge is 0.335 e. The maximum absolute atomic E-state index is 11.1. The van der Waals surface area contributed by atoms with Crippen molar-refractivity contribution in [3.63, 3.8) is 0 Å². The van der Waals surface area contributed by atoms with Crippen LogP contribution < -0.4 is 0 Å². The molecular weight excluding hydrogens is 214 g/mol. The van der Waals surface area contributed by atoms with Crippen LogP contribution in [0.2, 0.25) is 0 Å². The second kappa shape index (κ2) is 4.78. The van der Waals surface area contributed by atoms with Crippen molar-refractivity contribution >= 4 is 23.0 Å². The van der Waals surface area contributed by atoms with Crippen molar-refractivity contribution in [3.8, 4) is 0 Å². The number of carbonyl (C=O) groups excluding carboxylic acids is 2. The van der Waals surface area contributed by atoms with Crippen molar-refractivity contribution in [2.75, 3.05) is 7.05 Å². The topological polar surface area (TPSA) is 37.4 Å². The van der Waals surface area contributed by atoms with Crippen LogP contribution in [0.25, 0.3) is 10.8 Å². The van der Waals surface area contributed by atoms with Gasteiger partial charge in [-0.2, -0.15) is 0 Å². The highest BCUT2D eigenvalue weighted by Gasteiger charge is 2.07. The van der Waals surface area contributed by atoms with Gasteiger partial charge in [0.1, 0.15) is 0 Å².